The van der Waals surface area contributed by atoms with Gasteiger partial charge in [0.2, 0.25) is 0 Å². The van der Waals surface area contributed by atoms with Gasteiger partial charge in [-0.2, -0.15) is 0 Å². The summed E-state index contributed by atoms with van der Waals surface area (Å²) >= 11 is 5.95. The molecular weight excluding hydrogens is 364 g/mol. The maximum atomic E-state index is 5.95. The lowest BCUT2D eigenvalue weighted by Gasteiger charge is -2.33. The van der Waals surface area contributed by atoms with E-state index in [0.717, 1.165) is 56.8 Å². The van der Waals surface area contributed by atoms with Crippen molar-refractivity contribution >= 4 is 17.2 Å². The molecule has 0 aliphatic heterocycles. The van der Waals surface area contributed by atoms with Gasteiger partial charge in [0.15, 0.2) is 0 Å². The van der Waals surface area contributed by atoms with E-state index >= 15 is 0 Å². The Morgan fingerprint density at radius 3 is 2.39 bits per heavy atom. The number of ether oxygens (including phenoxy) is 1. The first-order valence-corrected chi connectivity index (χ1v) is 11.0. The molecule has 0 N–H and O–H groups in total. The number of rotatable bonds is 10. The van der Waals surface area contributed by atoms with Crippen molar-refractivity contribution in [3.63, 3.8) is 0 Å². The van der Waals surface area contributed by atoms with E-state index in [1.54, 1.807) is 0 Å². The maximum Gasteiger partial charge on any atom is 0.119 e. The molecule has 1 aliphatic carbocycles. The Morgan fingerprint density at radius 1 is 0.964 bits per heavy atom. The monoisotopic (exact) mass is 394 g/mol. The Bertz CT molecular complexity index is 776. The Balaban J connectivity index is 1.78. The summed E-state index contributed by atoms with van der Waals surface area (Å²) in [5.41, 5.74) is 4.01. The molecule has 0 spiro atoms. The minimum Gasteiger partial charge on any atom is -0.494 e. The van der Waals surface area contributed by atoms with Crippen molar-refractivity contribution in [3.8, 4) is 5.75 Å². The van der Waals surface area contributed by atoms with Gasteiger partial charge >= 0.3 is 0 Å². The normalized spacial score (nSPS) is 18.7. The molecule has 3 rings (SSSR count). The quantitative estimate of drug-likeness (QED) is 0.298. The van der Waals surface area contributed by atoms with Gasteiger partial charge in [0.25, 0.3) is 0 Å². The van der Waals surface area contributed by atoms with Crippen molar-refractivity contribution in [1.29, 1.82) is 0 Å². The second-order valence-electron chi connectivity index (χ2n) is 7.59. The van der Waals surface area contributed by atoms with Crippen LogP contribution in [0.1, 0.15) is 56.6 Å². The molecule has 0 heterocycles. The first kappa shape index (κ1) is 20.7. The molecule has 1 unspecified atom stereocenters. The summed E-state index contributed by atoms with van der Waals surface area (Å²) in [6, 6.07) is 19.4. The van der Waals surface area contributed by atoms with Gasteiger partial charge in [0.05, 0.1) is 6.61 Å². The SMILES string of the molecule is CCCCOc1ccc(C2(CCCCCl)C=CC(c3ccccc3)=CC2)cc1. The minimum atomic E-state index is 0.0479. The standard InChI is InChI=1S/C26H31ClO/c1-2-3-21-28-25-13-11-24(12-14-25)26(17-7-8-20-27)18-15-23(16-19-26)22-9-5-4-6-10-22/h4-6,9-16,18H,2-3,7-8,17,19-21H2,1H3. The smallest absolute Gasteiger partial charge is 0.119 e. The van der Waals surface area contributed by atoms with Crippen LogP contribution < -0.4 is 4.74 Å². The van der Waals surface area contributed by atoms with E-state index in [4.69, 9.17) is 16.3 Å². The van der Waals surface area contributed by atoms with Crippen LogP contribution in [0.4, 0.5) is 0 Å². The molecule has 0 radical (unpaired) electrons. The van der Waals surface area contributed by atoms with E-state index < -0.39 is 0 Å². The van der Waals surface area contributed by atoms with Crippen molar-refractivity contribution < 1.29 is 4.74 Å². The average molecular weight is 395 g/mol. The zero-order valence-corrected chi connectivity index (χ0v) is 17.6. The van der Waals surface area contributed by atoms with Crippen LogP contribution in [0, 0.1) is 0 Å². The Labute approximate surface area is 175 Å². The molecule has 2 aromatic carbocycles. The zero-order chi connectivity index (χ0) is 19.7. The topological polar surface area (TPSA) is 9.23 Å². The fourth-order valence-corrected chi connectivity index (χ4v) is 4.01. The number of allylic oxidation sites excluding steroid dienone is 4. The Kier molecular flexibility index (Phi) is 7.80. The fourth-order valence-electron chi connectivity index (χ4n) is 3.82. The maximum absolute atomic E-state index is 5.95. The Morgan fingerprint density at radius 2 is 1.75 bits per heavy atom. The van der Waals surface area contributed by atoms with Gasteiger partial charge in [-0.05, 0) is 54.5 Å². The lowest BCUT2D eigenvalue weighted by molar-refractivity contribution is 0.309. The molecule has 1 nitrogen and oxygen atoms in total. The summed E-state index contributed by atoms with van der Waals surface area (Å²) in [6.45, 7) is 2.98. The summed E-state index contributed by atoms with van der Waals surface area (Å²) < 4.78 is 5.85. The first-order chi connectivity index (χ1) is 13.8. The molecular formula is C26H31ClO. The van der Waals surface area contributed by atoms with Crippen LogP contribution in [0.2, 0.25) is 0 Å². The molecule has 0 amide bonds. The van der Waals surface area contributed by atoms with Crippen LogP contribution in [0.25, 0.3) is 5.57 Å². The van der Waals surface area contributed by atoms with Crippen LogP contribution in [-0.4, -0.2) is 12.5 Å². The highest BCUT2D eigenvalue weighted by Crippen LogP contribution is 2.41. The van der Waals surface area contributed by atoms with E-state index in [-0.39, 0.29) is 5.41 Å². The molecule has 1 atom stereocenters. The predicted molar refractivity (Wildman–Crippen MR) is 121 cm³/mol. The number of hydrogen-bond acceptors (Lipinski definition) is 1. The highest BCUT2D eigenvalue weighted by Gasteiger charge is 2.30. The average Bonchev–Trinajstić information content (AvgIpc) is 2.76. The minimum absolute atomic E-state index is 0.0479. The van der Waals surface area contributed by atoms with Crippen molar-refractivity contribution in [1.82, 2.24) is 0 Å². The van der Waals surface area contributed by atoms with Gasteiger partial charge < -0.3 is 4.74 Å². The lowest BCUT2D eigenvalue weighted by Crippen LogP contribution is -2.25. The summed E-state index contributed by atoms with van der Waals surface area (Å²) in [5.74, 6) is 1.70. The van der Waals surface area contributed by atoms with Gasteiger partial charge in [-0.25, -0.2) is 0 Å². The van der Waals surface area contributed by atoms with E-state index in [2.05, 4.69) is 79.7 Å². The molecule has 0 bridgehead atoms. The molecule has 28 heavy (non-hydrogen) atoms. The molecule has 0 saturated carbocycles. The number of unbranched alkanes of at least 4 members (excludes halogenated alkanes) is 2. The molecule has 148 valence electrons. The van der Waals surface area contributed by atoms with Crippen molar-refractivity contribution in [3.05, 3.63) is 84.0 Å². The third-order valence-corrected chi connectivity index (χ3v) is 5.84. The van der Waals surface area contributed by atoms with Crippen LogP contribution in [0.15, 0.2) is 72.8 Å². The molecule has 1 aliphatic rings. The van der Waals surface area contributed by atoms with Crippen LogP contribution in [-0.2, 0) is 5.41 Å². The molecule has 0 fully saturated rings. The van der Waals surface area contributed by atoms with Crippen molar-refractivity contribution in [2.75, 3.05) is 12.5 Å². The molecule has 0 saturated heterocycles. The highest BCUT2D eigenvalue weighted by molar-refractivity contribution is 6.17. The zero-order valence-electron chi connectivity index (χ0n) is 16.9. The van der Waals surface area contributed by atoms with E-state index in [0.29, 0.717) is 0 Å². The van der Waals surface area contributed by atoms with Gasteiger partial charge in [0.1, 0.15) is 5.75 Å². The van der Waals surface area contributed by atoms with E-state index in [9.17, 15) is 0 Å². The second kappa shape index (κ2) is 10.5. The van der Waals surface area contributed by atoms with Gasteiger partial charge in [-0.3, -0.25) is 0 Å². The van der Waals surface area contributed by atoms with Crippen molar-refractivity contribution in [2.24, 2.45) is 0 Å². The summed E-state index contributed by atoms with van der Waals surface area (Å²) in [4.78, 5) is 0. The number of halogens is 1. The lowest BCUT2D eigenvalue weighted by atomic mass is 9.70. The van der Waals surface area contributed by atoms with Gasteiger partial charge in [0, 0.05) is 11.3 Å². The van der Waals surface area contributed by atoms with Crippen LogP contribution in [0.5, 0.6) is 5.75 Å². The summed E-state index contributed by atoms with van der Waals surface area (Å²) in [7, 11) is 0. The predicted octanol–water partition coefficient (Wildman–Crippen LogP) is 7.56. The largest absolute Gasteiger partial charge is 0.494 e. The van der Waals surface area contributed by atoms with Crippen LogP contribution in [0.3, 0.4) is 0 Å². The number of hydrogen-bond donors (Lipinski definition) is 0. The molecule has 2 heteroatoms. The highest BCUT2D eigenvalue weighted by atomic mass is 35.5. The summed E-state index contributed by atoms with van der Waals surface area (Å²) in [6.07, 6.45) is 13.7. The third kappa shape index (κ3) is 5.29. The van der Waals surface area contributed by atoms with Crippen LogP contribution >= 0.6 is 11.6 Å². The number of benzene rings is 2. The Hall–Kier alpha value is -1.99. The third-order valence-electron chi connectivity index (χ3n) is 5.58. The number of alkyl halides is 1. The summed E-state index contributed by atoms with van der Waals surface area (Å²) in [5, 5.41) is 0. The van der Waals surface area contributed by atoms with Crippen molar-refractivity contribution in [2.45, 2.75) is 50.9 Å². The molecule has 0 aromatic heterocycles. The molecule has 2 aromatic rings. The fraction of sp³-hybridized carbons (Fsp3) is 0.385. The second-order valence-corrected chi connectivity index (χ2v) is 7.97. The van der Waals surface area contributed by atoms with Gasteiger partial charge in [-0.15, -0.1) is 11.6 Å². The van der Waals surface area contributed by atoms with E-state index in [1.165, 1.54) is 16.7 Å². The van der Waals surface area contributed by atoms with E-state index in [1.807, 2.05) is 0 Å². The van der Waals surface area contributed by atoms with Gasteiger partial charge in [-0.1, -0.05) is 80.5 Å². The first-order valence-electron chi connectivity index (χ1n) is 10.5.